The first-order valence-corrected chi connectivity index (χ1v) is 6.91. The lowest BCUT2D eigenvalue weighted by Crippen LogP contribution is -2.28. The van der Waals surface area contributed by atoms with Gasteiger partial charge >= 0.3 is 0 Å². The molecule has 1 aromatic rings. The van der Waals surface area contributed by atoms with E-state index in [4.69, 9.17) is 27.9 Å². The Labute approximate surface area is 124 Å². The summed E-state index contributed by atoms with van der Waals surface area (Å²) in [6.45, 7) is 4.95. The van der Waals surface area contributed by atoms with E-state index in [1.54, 1.807) is 24.1 Å². The number of hydrogen-bond donors (Lipinski definition) is 0. The van der Waals surface area contributed by atoms with Crippen molar-refractivity contribution < 1.29 is 9.53 Å². The van der Waals surface area contributed by atoms with Gasteiger partial charge in [0, 0.05) is 19.2 Å². The van der Waals surface area contributed by atoms with Crippen LogP contribution in [-0.4, -0.2) is 31.5 Å². The summed E-state index contributed by atoms with van der Waals surface area (Å²) in [5, 5.41) is 0.686. The molecule has 1 rings (SSSR count). The molecule has 0 fully saturated rings. The van der Waals surface area contributed by atoms with Gasteiger partial charge in [-0.2, -0.15) is 0 Å². The van der Waals surface area contributed by atoms with Gasteiger partial charge in [-0.05, 0) is 24.5 Å². The van der Waals surface area contributed by atoms with E-state index in [0.29, 0.717) is 33.8 Å². The van der Waals surface area contributed by atoms with Crippen LogP contribution in [0, 0.1) is 5.92 Å². The Hall–Kier alpha value is -0.930. The van der Waals surface area contributed by atoms with Gasteiger partial charge in [-0.15, -0.1) is 0 Å². The number of methoxy groups -OCH3 is 1. The molecule has 0 aromatic heterocycles. The molecule has 19 heavy (non-hydrogen) atoms. The third-order valence-corrected chi connectivity index (χ3v) is 3.40. The summed E-state index contributed by atoms with van der Waals surface area (Å²) in [6.07, 6.45) is 0.958. The standard InChI is InChI=1S/C14H19Cl2NO2/c1-9(2)5-6-17(3)14(18)10-7-11(15)13(19-4)12(16)8-10/h7-9H,5-6H2,1-4H3. The molecule has 0 aliphatic rings. The molecule has 5 heteroatoms. The first-order valence-electron chi connectivity index (χ1n) is 6.15. The molecule has 0 spiro atoms. The first kappa shape index (κ1) is 16.1. The van der Waals surface area contributed by atoms with E-state index in [9.17, 15) is 4.79 Å². The summed E-state index contributed by atoms with van der Waals surface area (Å²) < 4.78 is 5.06. The summed E-state index contributed by atoms with van der Waals surface area (Å²) in [4.78, 5) is 13.9. The van der Waals surface area contributed by atoms with Crippen molar-refractivity contribution in [3.8, 4) is 5.75 Å². The number of nitrogens with zero attached hydrogens (tertiary/aromatic N) is 1. The van der Waals surface area contributed by atoms with Crippen LogP contribution < -0.4 is 4.74 Å². The topological polar surface area (TPSA) is 29.5 Å². The highest BCUT2D eigenvalue weighted by Crippen LogP contribution is 2.34. The van der Waals surface area contributed by atoms with E-state index in [1.807, 2.05) is 0 Å². The molecule has 0 aliphatic carbocycles. The van der Waals surface area contributed by atoms with E-state index in [2.05, 4.69) is 13.8 Å². The molecule has 0 radical (unpaired) electrons. The highest BCUT2D eigenvalue weighted by Gasteiger charge is 2.16. The second-order valence-corrected chi connectivity index (χ2v) is 5.70. The molecule has 0 saturated heterocycles. The maximum Gasteiger partial charge on any atom is 0.253 e. The second kappa shape index (κ2) is 7.01. The highest BCUT2D eigenvalue weighted by molar-refractivity contribution is 6.37. The predicted octanol–water partition coefficient (Wildman–Crippen LogP) is 4.12. The molecule has 0 atom stereocenters. The van der Waals surface area contributed by atoms with Gasteiger partial charge in [0.25, 0.3) is 5.91 Å². The smallest absolute Gasteiger partial charge is 0.253 e. The Balaban J connectivity index is 2.88. The van der Waals surface area contributed by atoms with E-state index in [0.717, 1.165) is 6.42 Å². The SMILES string of the molecule is COc1c(Cl)cc(C(=O)N(C)CCC(C)C)cc1Cl. The number of carbonyl (C=O) groups is 1. The maximum absolute atomic E-state index is 12.2. The predicted molar refractivity (Wildman–Crippen MR) is 79.4 cm³/mol. The lowest BCUT2D eigenvalue weighted by molar-refractivity contribution is 0.0789. The molecule has 0 saturated carbocycles. The zero-order chi connectivity index (χ0) is 14.6. The van der Waals surface area contributed by atoms with Gasteiger partial charge in [-0.1, -0.05) is 37.0 Å². The van der Waals surface area contributed by atoms with Crippen LogP contribution >= 0.6 is 23.2 Å². The molecule has 1 amide bonds. The minimum atomic E-state index is -0.0906. The number of amides is 1. The van der Waals surface area contributed by atoms with Crippen molar-refractivity contribution >= 4 is 29.1 Å². The number of halogens is 2. The maximum atomic E-state index is 12.2. The third-order valence-electron chi connectivity index (χ3n) is 2.84. The van der Waals surface area contributed by atoms with Crippen molar-refractivity contribution in [1.29, 1.82) is 0 Å². The molecule has 0 bridgehead atoms. The zero-order valence-electron chi connectivity index (χ0n) is 11.7. The Morgan fingerprint density at radius 1 is 1.32 bits per heavy atom. The molecule has 3 nitrogen and oxygen atoms in total. The van der Waals surface area contributed by atoms with Crippen molar-refractivity contribution in [2.75, 3.05) is 20.7 Å². The molecule has 106 valence electrons. The van der Waals surface area contributed by atoms with Crippen LogP contribution in [0.3, 0.4) is 0 Å². The summed E-state index contributed by atoms with van der Waals surface area (Å²) in [7, 11) is 3.26. The Bertz CT molecular complexity index is 438. The average Bonchev–Trinajstić information content (AvgIpc) is 2.34. The van der Waals surface area contributed by atoms with E-state index in [-0.39, 0.29) is 5.91 Å². The van der Waals surface area contributed by atoms with E-state index in [1.165, 1.54) is 7.11 Å². The average molecular weight is 304 g/mol. The van der Waals surface area contributed by atoms with Crippen LogP contribution in [0.2, 0.25) is 10.0 Å². The van der Waals surface area contributed by atoms with Crippen LogP contribution in [0.15, 0.2) is 12.1 Å². The van der Waals surface area contributed by atoms with Crippen molar-refractivity contribution in [1.82, 2.24) is 4.90 Å². The van der Waals surface area contributed by atoms with Gasteiger partial charge in [-0.25, -0.2) is 0 Å². The minimum absolute atomic E-state index is 0.0906. The molecule has 0 heterocycles. The second-order valence-electron chi connectivity index (χ2n) is 4.88. The van der Waals surface area contributed by atoms with Gasteiger partial charge in [0.2, 0.25) is 0 Å². The lowest BCUT2D eigenvalue weighted by Gasteiger charge is -2.19. The number of benzene rings is 1. The Kier molecular flexibility index (Phi) is 5.95. The van der Waals surface area contributed by atoms with Gasteiger partial charge in [0.1, 0.15) is 0 Å². The normalized spacial score (nSPS) is 10.7. The quantitative estimate of drug-likeness (QED) is 0.819. The molecule has 0 N–H and O–H groups in total. The van der Waals surface area contributed by atoms with Crippen molar-refractivity contribution in [2.24, 2.45) is 5.92 Å². The summed E-state index contributed by atoms with van der Waals surface area (Å²) in [6, 6.07) is 3.17. The highest BCUT2D eigenvalue weighted by atomic mass is 35.5. The van der Waals surface area contributed by atoms with Crippen LogP contribution in [-0.2, 0) is 0 Å². The lowest BCUT2D eigenvalue weighted by atomic mass is 10.1. The van der Waals surface area contributed by atoms with Crippen LogP contribution in [0.25, 0.3) is 0 Å². The van der Waals surface area contributed by atoms with Crippen LogP contribution in [0.4, 0.5) is 0 Å². The first-order chi connectivity index (χ1) is 8.86. The Morgan fingerprint density at radius 2 is 1.84 bits per heavy atom. The third kappa shape index (κ3) is 4.29. The monoisotopic (exact) mass is 303 g/mol. The number of hydrogen-bond acceptors (Lipinski definition) is 2. The van der Waals surface area contributed by atoms with E-state index < -0.39 is 0 Å². The summed E-state index contributed by atoms with van der Waals surface area (Å²) in [5.74, 6) is 0.857. The Morgan fingerprint density at radius 3 is 2.26 bits per heavy atom. The fourth-order valence-corrected chi connectivity index (χ4v) is 2.29. The number of carbonyl (C=O) groups excluding carboxylic acids is 1. The fraction of sp³-hybridized carbons (Fsp3) is 0.500. The van der Waals surface area contributed by atoms with Crippen LogP contribution in [0.1, 0.15) is 30.6 Å². The molecular formula is C14H19Cl2NO2. The van der Waals surface area contributed by atoms with Gasteiger partial charge < -0.3 is 9.64 Å². The largest absolute Gasteiger partial charge is 0.494 e. The molecular weight excluding hydrogens is 285 g/mol. The van der Waals surface area contributed by atoms with Gasteiger partial charge in [0.15, 0.2) is 5.75 Å². The molecule has 0 unspecified atom stereocenters. The van der Waals surface area contributed by atoms with Crippen LogP contribution in [0.5, 0.6) is 5.75 Å². The number of ether oxygens (including phenoxy) is 1. The summed E-state index contributed by atoms with van der Waals surface area (Å²) in [5.41, 5.74) is 0.474. The van der Waals surface area contributed by atoms with Crippen molar-refractivity contribution in [2.45, 2.75) is 20.3 Å². The molecule has 1 aromatic carbocycles. The van der Waals surface area contributed by atoms with E-state index >= 15 is 0 Å². The fourth-order valence-electron chi connectivity index (χ4n) is 1.65. The molecule has 0 aliphatic heterocycles. The van der Waals surface area contributed by atoms with Gasteiger partial charge in [-0.3, -0.25) is 4.79 Å². The minimum Gasteiger partial charge on any atom is -0.494 e. The van der Waals surface area contributed by atoms with Gasteiger partial charge in [0.05, 0.1) is 17.2 Å². The zero-order valence-corrected chi connectivity index (χ0v) is 13.2. The number of rotatable bonds is 5. The van der Waals surface area contributed by atoms with Crippen molar-refractivity contribution in [3.63, 3.8) is 0 Å². The summed E-state index contributed by atoms with van der Waals surface area (Å²) >= 11 is 12.1. The van der Waals surface area contributed by atoms with Crippen molar-refractivity contribution in [3.05, 3.63) is 27.7 Å².